The summed E-state index contributed by atoms with van der Waals surface area (Å²) in [4.78, 5) is 0. The summed E-state index contributed by atoms with van der Waals surface area (Å²) in [6.07, 6.45) is -5.33. The number of ether oxygens (including phenoxy) is 1. The van der Waals surface area contributed by atoms with Crippen molar-refractivity contribution in [2.75, 3.05) is 7.11 Å². The Morgan fingerprint density at radius 2 is 2.06 bits per heavy atom. The largest absolute Gasteiger partial charge is 0.423 e. The molecule has 1 aromatic rings. The SMILES string of the molecule is COC(C)C1(O)CC(O)(C(F)(F)F)c2cccn21. The summed E-state index contributed by atoms with van der Waals surface area (Å²) in [6.45, 7) is 1.45. The van der Waals surface area contributed by atoms with Crippen LogP contribution < -0.4 is 0 Å². The van der Waals surface area contributed by atoms with Gasteiger partial charge >= 0.3 is 6.18 Å². The lowest BCUT2D eigenvalue weighted by atomic mass is 9.91. The maximum Gasteiger partial charge on any atom is 0.423 e. The number of hydrogen-bond donors (Lipinski definition) is 2. The van der Waals surface area contributed by atoms with E-state index in [0.717, 1.165) is 10.6 Å². The van der Waals surface area contributed by atoms with Crippen molar-refractivity contribution in [1.29, 1.82) is 0 Å². The van der Waals surface area contributed by atoms with Crippen LogP contribution in [0.5, 0.6) is 0 Å². The quantitative estimate of drug-likeness (QED) is 0.848. The molecule has 0 fully saturated rings. The minimum atomic E-state index is -4.86. The zero-order valence-corrected chi connectivity index (χ0v) is 9.90. The van der Waals surface area contributed by atoms with Crippen LogP contribution in [0.1, 0.15) is 19.0 Å². The van der Waals surface area contributed by atoms with Crippen LogP contribution in [0.15, 0.2) is 18.3 Å². The van der Waals surface area contributed by atoms with E-state index in [9.17, 15) is 23.4 Å². The second kappa shape index (κ2) is 3.72. The lowest BCUT2D eigenvalue weighted by molar-refractivity contribution is -0.281. The highest BCUT2D eigenvalue weighted by atomic mass is 19.4. The van der Waals surface area contributed by atoms with Crippen molar-refractivity contribution in [3.05, 3.63) is 24.0 Å². The number of halogens is 3. The van der Waals surface area contributed by atoms with E-state index in [2.05, 4.69) is 0 Å². The maximum atomic E-state index is 13.0. The Morgan fingerprint density at radius 1 is 1.44 bits per heavy atom. The van der Waals surface area contributed by atoms with E-state index in [0.29, 0.717) is 0 Å². The molecule has 0 radical (unpaired) electrons. The van der Waals surface area contributed by atoms with E-state index >= 15 is 0 Å². The molecule has 0 aliphatic carbocycles. The Bertz CT molecular complexity index is 459. The third-order valence-electron chi connectivity index (χ3n) is 3.58. The first-order valence-corrected chi connectivity index (χ1v) is 5.39. The van der Waals surface area contributed by atoms with Crippen LogP contribution in [-0.4, -0.2) is 34.2 Å². The summed E-state index contributed by atoms with van der Waals surface area (Å²) >= 11 is 0. The molecule has 0 aromatic carbocycles. The molecule has 102 valence electrons. The highest BCUT2D eigenvalue weighted by Crippen LogP contribution is 2.52. The van der Waals surface area contributed by atoms with Gasteiger partial charge in [0.1, 0.15) is 6.10 Å². The van der Waals surface area contributed by atoms with Crippen molar-refractivity contribution in [3.63, 3.8) is 0 Å². The van der Waals surface area contributed by atoms with Crippen LogP contribution >= 0.6 is 0 Å². The summed E-state index contributed by atoms with van der Waals surface area (Å²) in [5.41, 5.74) is -5.35. The lowest BCUT2D eigenvalue weighted by Gasteiger charge is -2.32. The van der Waals surface area contributed by atoms with Crippen LogP contribution in [0, 0.1) is 0 Å². The number of aliphatic hydroxyl groups is 2. The van der Waals surface area contributed by atoms with Gasteiger partial charge in [0.05, 0.1) is 5.69 Å². The van der Waals surface area contributed by atoms with Crippen molar-refractivity contribution in [3.8, 4) is 0 Å². The van der Waals surface area contributed by atoms with Gasteiger partial charge in [-0.1, -0.05) is 0 Å². The van der Waals surface area contributed by atoms with Crippen LogP contribution in [-0.2, 0) is 16.1 Å². The maximum absolute atomic E-state index is 13.0. The van der Waals surface area contributed by atoms with Crippen molar-refractivity contribution in [2.24, 2.45) is 0 Å². The van der Waals surface area contributed by atoms with E-state index in [1.54, 1.807) is 0 Å². The monoisotopic (exact) mass is 265 g/mol. The summed E-state index contributed by atoms with van der Waals surface area (Å²) < 4.78 is 44.9. The Kier molecular flexibility index (Phi) is 2.77. The molecule has 3 atom stereocenters. The highest BCUT2D eigenvalue weighted by molar-refractivity contribution is 5.26. The molecule has 0 amide bonds. The number of aromatic nitrogens is 1. The molecule has 2 rings (SSSR count). The van der Waals surface area contributed by atoms with Crippen LogP contribution in [0.3, 0.4) is 0 Å². The van der Waals surface area contributed by atoms with Crippen molar-refractivity contribution in [1.82, 2.24) is 4.57 Å². The van der Waals surface area contributed by atoms with Gasteiger partial charge in [0.15, 0.2) is 5.72 Å². The first-order chi connectivity index (χ1) is 8.17. The zero-order chi connectivity index (χ0) is 13.8. The molecule has 0 spiro atoms. The first-order valence-electron chi connectivity index (χ1n) is 5.39. The fourth-order valence-corrected chi connectivity index (χ4v) is 2.38. The summed E-state index contributed by atoms with van der Waals surface area (Å²) in [5.74, 6) is 0. The molecule has 0 saturated carbocycles. The average Bonchev–Trinajstić information content (AvgIpc) is 2.81. The molecular formula is C11H14F3NO3. The first kappa shape index (κ1) is 13.4. The predicted molar refractivity (Wildman–Crippen MR) is 55.7 cm³/mol. The van der Waals surface area contributed by atoms with Crippen LogP contribution in [0.25, 0.3) is 0 Å². The Labute approximate surface area is 102 Å². The van der Waals surface area contributed by atoms with E-state index in [-0.39, 0.29) is 5.69 Å². The molecule has 1 aromatic heterocycles. The molecule has 2 heterocycles. The van der Waals surface area contributed by atoms with Crippen LogP contribution in [0.4, 0.5) is 13.2 Å². The molecular weight excluding hydrogens is 251 g/mol. The second-order valence-corrected chi connectivity index (χ2v) is 4.55. The van der Waals surface area contributed by atoms with Gasteiger partial charge in [0.25, 0.3) is 0 Å². The molecule has 7 heteroatoms. The van der Waals surface area contributed by atoms with Gasteiger partial charge in [-0.3, -0.25) is 0 Å². The molecule has 0 saturated heterocycles. The molecule has 2 N–H and O–H groups in total. The van der Waals surface area contributed by atoms with Crippen molar-refractivity contribution >= 4 is 0 Å². The summed E-state index contributed by atoms with van der Waals surface area (Å²) in [7, 11) is 1.29. The molecule has 4 nitrogen and oxygen atoms in total. The third kappa shape index (κ3) is 1.51. The fraction of sp³-hybridized carbons (Fsp3) is 0.636. The van der Waals surface area contributed by atoms with Gasteiger partial charge < -0.3 is 19.5 Å². The van der Waals surface area contributed by atoms with Gasteiger partial charge in [-0.2, -0.15) is 13.2 Å². The number of alkyl halides is 3. The number of rotatable bonds is 2. The predicted octanol–water partition coefficient (Wildman–Crippen LogP) is 1.32. The highest BCUT2D eigenvalue weighted by Gasteiger charge is 2.65. The van der Waals surface area contributed by atoms with E-state index in [1.165, 1.54) is 26.3 Å². The number of methoxy groups -OCH3 is 1. The van der Waals surface area contributed by atoms with Gasteiger partial charge in [0, 0.05) is 19.7 Å². The molecule has 1 aliphatic rings. The number of fused-ring (bicyclic) bond motifs is 1. The minimum absolute atomic E-state index is 0.374. The third-order valence-corrected chi connectivity index (χ3v) is 3.58. The fourth-order valence-electron chi connectivity index (χ4n) is 2.38. The normalized spacial score (nSPS) is 33.5. The topological polar surface area (TPSA) is 54.6 Å². The average molecular weight is 265 g/mol. The minimum Gasteiger partial charge on any atom is -0.377 e. The number of nitrogens with zero attached hydrogens (tertiary/aromatic N) is 1. The van der Waals surface area contributed by atoms with Gasteiger partial charge in [-0.15, -0.1) is 0 Å². The molecule has 1 aliphatic heterocycles. The smallest absolute Gasteiger partial charge is 0.377 e. The standard InChI is InChI=1S/C11H14F3NO3/c1-7(18-2)10(17)6-9(16,11(12,13)14)8-4-3-5-15(8)10/h3-5,7,16-17H,6H2,1-2H3. The van der Waals surface area contributed by atoms with Gasteiger partial charge in [-0.05, 0) is 19.1 Å². The van der Waals surface area contributed by atoms with Gasteiger partial charge in [0.2, 0.25) is 5.60 Å². The van der Waals surface area contributed by atoms with Crippen molar-refractivity contribution in [2.45, 2.75) is 37.0 Å². The van der Waals surface area contributed by atoms with Crippen LogP contribution in [0.2, 0.25) is 0 Å². The molecule has 0 bridgehead atoms. The van der Waals surface area contributed by atoms with Crippen molar-refractivity contribution < 1.29 is 28.1 Å². The van der Waals surface area contributed by atoms with E-state index in [4.69, 9.17) is 4.74 Å². The Balaban J connectivity index is 2.56. The second-order valence-electron chi connectivity index (χ2n) is 4.55. The molecule has 18 heavy (non-hydrogen) atoms. The van der Waals surface area contributed by atoms with E-state index in [1.807, 2.05) is 0 Å². The Hall–Kier alpha value is -1.05. The van der Waals surface area contributed by atoms with E-state index < -0.39 is 30.0 Å². The van der Waals surface area contributed by atoms with Gasteiger partial charge in [-0.25, -0.2) is 0 Å². The number of hydrogen-bond acceptors (Lipinski definition) is 3. The summed E-state index contributed by atoms with van der Waals surface area (Å²) in [5, 5.41) is 20.3. The summed E-state index contributed by atoms with van der Waals surface area (Å²) in [6, 6.07) is 2.49. The zero-order valence-electron chi connectivity index (χ0n) is 9.90. The molecule has 3 unspecified atom stereocenters. The Morgan fingerprint density at radius 3 is 2.56 bits per heavy atom. The lowest BCUT2D eigenvalue weighted by Crippen LogP contribution is -2.46.